The molecule has 0 amide bonds. The van der Waals surface area contributed by atoms with Crippen molar-refractivity contribution in [2.45, 2.75) is 6.54 Å². The minimum absolute atomic E-state index is 0.0508. The standard InChI is InChI=1S/C30H27F2N3O3/c1-36-15-16-37-17-18-38-24-11-9-23(10-12-24)22-7-5-21(6-8-22)19-35-14-13-27-28(20-35)34-30(33-27)25-3-2-4-26(31)29(25)32/h2-14,20H,15-19H2,1H3. The van der Waals surface area contributed by atoms with Gasteiger partial charge < -0.3 is 18.8 Å². The van der Waals surface area contributed by atoms with Gasteiger partial charge in [0.15, 0.2) is 17.5 Å². The van der Waals surface area contributed by atoms with Crippen molar-refractivity contribution < 1.29 is 23.0 Å². The van der Waals surface area contributed by atoms with E-state index in [2.05, 4.69) is 34.2 Å². The Morgan fingerprint density at radius 1 is 0.763 bits per heavy atom. The summed E-state index contributed by atoms with van der Waals surface area (Å²) in [6, 6.07) is 22.1. The van der Waals surface area contributed by atoms with Crippen LogP contribution in [-0.2, 0) is 16.0 Å². The summed E-state index contributed by atoms with van der Waals surface area (Å²) in [6.07, 6.45) is 3.76. The second-order valence-electron chi connectivity index (χ2n) is 8.71. The van der Waals surface area contributed by atoms with E-state index >= 15 is 0 Å². The molecule has 0 N–H and O–H groups in total. The van der Waals surface area contributed by atoms with Crippen LogP contribution in [-0.4, -0.2) is 48.1 Å². The zero-order valence-electron chi connectivity index (χ0n) is 20.9. The third-order valence-electron chi connectivity index (χ3n) is 6.05. The first-order valence-corrected chi connectivity index (χ1v) is 12.3. The highest BCUT2D eigenvalue weighted by atomic mass is 19.2. The topological polar surface area (TPSA) is 58.4 Å². The molecule has 0 saturated carbocycles. The van der Waals surface area contributed by atoms with Gasteiger partial charge in [-0.2, -0.15) is 0 Å². The molecule has 2 heterocycles. The fraction of sp³-hybridized carbons (Fsp3) is 0.200. The molecule has 0 aliphatic carbocycles. The Balaban J connectivity index is 1.21. The Morgan fingerprint density at radius 2 is 1.47 bits per heavy atom. The van der Waals surface area contributed by atoms with Gasteiger partial charge in [0, 0.05) is 26.0 Å². The largest absolute Gasteiger partial charge is 0.491 e. The highest BCUT2D eigenvalue weighted by Crippen LogP contribution is 2.28. The summed E-state index contributed by atoms with van der Waals surface area (Å²) in [5.74, 6) is -0.891. The van der Waals surface area contributed by atoms with Gasteiger partial charge in [0.1, 0.15) is 18.1 Å². The third-order valence-corrected chi connectivity index (χ3v) is 6.05. The van der Waals surface area contributed by atoms with Crippen LogP contribution in [0.15, 0.2) is 85.2 Å². The van der Waals surface area contributed by atoms with Crippen molar-refractivity contribution in [3.8, 4) is 39.7 Å². The van der Waals surface area contributed by atoms with Crippen molar-refractivity contribution in [1.82, 2.24) is 14.5 Å². The number of hydrogen-bond donors (Lipinski definition) is 0. The van der Waals surface area contributed by atoms with E-state index < -0.39 is 11.6 Å². The number of rotatable bonds is 11. The highest BCUT2D eigenvalue weighted by Gasteiger charge is 2.17. The van der Waals surface area contributed by atoms with Crippen LogP contribution in [0.2, 0.25) is 0 Å². The number of aromatic nitrogens is 3. The van der Waals surface area contributed by atoms with Gasteiger partial charge in [-0.15, -0.1) is 0 Å². The summed E-state index contributed by atoms with van der Waals surface area (Å²) < 4.78 is 45.9. The van der Waals surface area contributed by atoms with Crippen LogP contribution in [0.25, 0.3) is 33.9 Å². The highest BCUT2D eigenvalue weighted by molar-refractivity contribution is 5.66. The fourth-order valence-electron chi connectivity index (χ4n) is 4.07. The zero-order valence-corrected chi connectivity index (χ0v) is 20.9. The monoisotopic (exact) mass is 515 g/mol. The van der Waals surface area contributed by atoms with Gasteiger partial charge in [0.05, 0.1) is 31.1 Å². The quantitative estimate of drug-likeness (QED) is 0.200. The SMILES string of the molecule is COCCOCCOc1ccc(-c2ccc(Cn3ccc4nc(-c5cccc(F)c5F)nc-4c3)cc2)cc1. The molecule has 38 heavy (non-hydrogen) atoms. The minimum Gasteiger partial charge on any atom is -0.491 e. The van der Waals surface area contributed by atoms with E-state index in [1.807, 2.05) is 47.3 Å². The summed E-state index contributed by atoms with van der Waals surface area (Å²) in [5.41, 5.74) is 4.61. The molecule has 8 heteroatoms. The van der Waals surface area contributed by atoms with Crippen molar-refractivity contribution in [3.63, 3.8) is 0 Å². The number of pyridine rings is 1. The average Bonchev–Trinajstić information content (AvgIpc) is 3.36. The van der Waals surface area contributed by atoms with Crippen molar-refractivity contribution in [2.75, 3.05) is 33.5 Å². The van der Waals surface area contributed by atoms with Crippen molar-refractivity contribution >= 4 is 0 Å². The van der Waals surface area contributed by atoms with Crippen molar-refractivity contribution in [2.24, 2.45) is 0 Å². The Bertz CT molecular complexity index is 1450. The van der Waals surface area contributed by atoms with Crippen LogP contribution in [0.3, 0.4) is 0 Å². The molecule has 194 valence electrons. The molecule has 0 fully saturated rings. The van der Waals surface area contributed by atoms with E-state index in [1.54, 1.807) is 7.11 Å². The summed E-state index contributed by atoms with van der Waals surface area (Å²) in [7, 11) is 1.65. The van der Waals surface area contributed by atoms with Gasteiger partial charge in [-0.3, -0.25) is 0 Å². The number of nitrogens with zero attached hydrogens (tertiary/aromatic N) is 3. The fourth-order valence-corrected chi connectivity index (χ4v) is 4.07. The van der Waals surface area contributed by atoms with Crippen LogP contribution >= 0.6 is 0 Å². The smallest absolute Gasteiger partial charge is 0.169 e. The van der Waals surface area contributed by atoms with Crippen LogP contribution < -0.4 is 4.74 Å². The predicted molar refractivity (Wildman–Crippen MR) is 141 cm³/mol. The van der Waals surface area contributed by atoms with Gasteiger partial charge in [-0.25, -0.2) is 18.7 Å². The van der Waals surface area contributed by atoms with Crippen molar-refractivity contribution in [3.05, 3.63) is 102 Å². The lowest BCUT2D eigenvalue weighted by Gasteiger charge is -2.10. The molecule has 0 spiro atoms. The van der Waals surface area contributed by atoms with E-state index in [0.717, 1.165) is 28.5 Å². The van der Waals surface area contributed by atoms with Gasteiger partial charge in [0.25, 0.3) is 0 Å². The second-order valence-corrected chi connectivity index (χ2v) is 8.71. The summed E-state index contributed by atoms with van der Waals surface area (Å²) >= 11 is 0. The maximum Gasteiger partial charge on any atom is 0.169 e. The lowest BCUT2D eigenvalue weighted by Crippen LogP contribution is -2.09. The van der Waals surface area contributed by atoms with E-state index in [-0.39, 0.29) is 11.4 Å². The summed E-state index contributed by atoms with van der Waals surface area (Å²) in [6.45, 7) is 2.77. The Kier molecular flexibility index (Phi) is 8.01. The third kappa shape index (κ3) is 6.04. The van der Waals surface area contributed by atoms with E-state index in [4.69, 9.17) is 14.2 Å². The maximum absolute atomic E-state index is 14.2. The first-order chi connectivity index (χ1) is 18.6. The zero-order chi connectivity index (χ0) is 26.3. The summed E-state index contributed by atoms with van der Waals surface area (Å²) in [4.78, 5) is 8.79. The number of imidazole rings is 1. The van der Waals surface area contributed by atoms with E-state index in [0.29, 0.717) is 44.4 Å². The normalized spacial score (nSPS) is 11.2. The lowest BCUT2D eigenvalue weighted by atomic mass is 10.0. The molecule has 6 nitrogen and oxygen atoms in total. The average molecular weight is 516 g/mol. The number of fused-ring (bicyclic) bond motifs is 1. The molecular weight excluding hydrogens is 488 g/mol. The first kappa shape index (κ1) is 25.5. The van der Waals surface area contributed by atoms with Crippen LogP contribution in [0.4, 0.5) is 8.78 Å². The van der Waals surface area contributed by atoms with Crippen LogP contribution in [0.5, 0.6) is 5.75 Å². The number of methoxy groups -OCH3 is 1. The van der Waals surface area contributed by atoms with E-state index in [9.17, 15) is 8.78 Å². The first-order valence-electron chi connectivity index (χ1n) is 12.3. The predicted octanol–water partition coefficient (Wildman–Crippen LogP) is 6.09. The molecule has 0 radical (unpaired) electrons. The number of benzene rings is 3. The molecule has 3 aromatic rings. The number of ether oxygens (including phenoxy) is 3. The van der Waals surface area contributed by atoms with Crippen LogP contribution in [0, 0.1) is 11.6 Å². The molecule has 0 saturated heterocycles. The van der Waals surface area contributed by atoms with Gasteiger partial charge in [0.2, 0.25) is 0 Å². The van der Waals surface area contributed by atoms with Gasteiger partial charge >= 0.3 is 0 Å². The Morgan fingerprint density at radius 3 is 2.24 bits per heavy atom. The van der Waals surface area contributed by atoms with E-state index in [1.165, 1.54) is 12.1 Å². The van der Waals surface area contributed by atoms with Gasteiger partial charge in [-0.05, 0) is 47.0 Å². The molecule has 0 unspecified atom stereocenters. The molecule has 2 aliphatic heterocycles. The second kappa shape index (κ2) is 11.9. The molecular formula is C30H27F2N3O3. The summed E-state index contributed by atoms with van der Waals surface area (Å²) in [5, 5.41) is 0. The molecule has 3 aromatic carbocycles. The molecule has 2 aliphatic rings. The van der Waals surface area contributed by atoms with Crippen LogP contribution in [0.1, 0.15) is 5.56 Å². The molecule has 0 aromatic heterocycles. The van der Waals surface area contributed by atoms with Crippen molar-refractivity contribution in [1.29, 1.82) is 0 Å². The molecule has 0 atom stereocenters. The number of hydrogen-bond acceptors (Lipinski definition) is 5. The minimum atomic E-state index is -0.943. The Hall–Kier alpha value is -4.14. The Labute approximate surface area is 219 Å². The molecule has 5 rings (SSSR count). The number of halogens is 2. The van der Waals surface area contributed by atoms with Gasteiger partial charge in [-0.1, -0.05) is 42.5 Å². The maximum atomic E-state index is 14.2. The molecule has 0 bridgehead atoms. The lowest BCUT2D eigenvalue weighted by molar-refractivity contribution is 0.0544.